The number of ether oxygens (including phenoxy) is 1. The molecule has 5 heterocycles. The number of anilines is 5. The van der Waals surface area contributed by atoms with Gasteiger partial charge in [0.2, 0.25) is 0 Å². The standard InChI is InChI=1S/C43H27BN2OSi/c1-26-24-30-29-14-10-23-40-42(29)46(33-17-5-9-22-39(33)48(40)37-20-7-2-12-27(37)28-13-3-8-21-38(28)48)44-31-15-11-19-36-43(31)45(34(25-26)41(30)44)32-16-4-6-18-35(32)47-36/h2-25H,1H3. The van der Waals surface area contributed by atoms with Crippen LogP contribution in [0, 0.1) is 6.92 Å². The maximum Gasteiger partial charge on any atom is 0.333 e. The van der Waals surface area contributed by atoms with Gasteiger partial charge >= 0.3 is 6.85 Å². The van der Waals surface area contributed by atoms with Gasteiger partial charge < -0.3 is 14.4 Å². The van der Waals surface area contributed by atoms with E-state index in [9.17, 15) is 0 Å². The van der Waals surface area contributed by atoms with Gasteiger partial charge in [0.1, 0.15) is 0 Å². The van der Waals surface area contributed by atoms with Gasteiger partial charge in [0, 0.05) is 22.6 Å². The molecule has 3 nitrogen and oxygen atoms in total. The van der Waals surface area contributed by atoms with Crippen LogP contribution in [0.2, 0.25) is 0 Å². The van der Waals surface area contributed by atoms with Gasteiger partial charge in [-0.15, -0.1) is 0 Å². The number of hydrogen-bond acceptors (Lipinski definition) is 3. The third-order valence-corrected chi connectivity index (χ3v) is 16.4. The minimum absolute atomic E-state index is 0.0105. The van der Waals surface area contributed by atoms with Crippen molar-refractivity contribution in [1.29, 1.82) is 0 Å². The summed E-state index contributed by atoms with van der Waals surface area (Å²) >= 11 is 0. The second-order valence-corrected chi connectivity index (χ2v) is 17.3. The molecule has 222 valence electrons. The van der Waals surface area contributed by atoms with Crippen molar-refractivity contribution in [3.63, 3.8) is 0 Å². The lowest BCUT2D eigenvalue weighted by Crippen LogP contribution is -2.78. The second-order valence-electron chi connectivity index (χ2n) is 13.7. The van der Waals surface area contributed by atoms with E-state index >= 15 is 0 Å². The summed E-state index contributed by atoms with van der Waals surface area (Å²) in [6.45, 7) is 2.24. The Hall–Kier alpha value is -5.78. The van der Waals surface area contributed by atoms with Crippen molar-refractivity contribution in [2.24, 2.45) is 0 Å². The number of nitrogens with zero attached hydrogens (tertiary/aromatic N) is 2. The Bertz CT molecular complexity index is 2570. The highest BCUT2D eigenvalue weighted by Crippen LogP contribution is 2.54. The fourth-order valence-electron chi connectivity index (χ4n) is 9.87. The highest BCUT2D eigenvalue weighted by molar-refractivity contribution is 7.24. The van der Waals surface area contributed by atoms with Gasteiger partial charge in [-0.1, -0.05) is 115 Å². The van der Waals surface area contributed by atoms with E-state index in [1.54, 1.807) is 0 Å². The smallest absolute Gasteiger partial charge is 0.333 e. The molecule has 12 rings (SSSR count). The first kappa shape index (κ1) is 25.3. The molecule has 0 N–H and O–H groups in total. The summed E-state index contributed by atoms with van der Waals surface area (Å²) in [6.07, 6.45) is 0. The van der Waals surface area contributed by atoms with Crippen LogP contribution in [0.4, 0.5) is 28.4 Å². The van der Waals surface area contributed by atoms with Crippen LogP contribution in [0.1, 0.15) is 5.56 Å². The summed E-state index contributed by atoms with van der Waals surface area (Å²) in [4.78, 5) is 5.17. The van der Waals surface area contributed by atoms with Crippen molar-refractivity contribution < 1.29 is 4.74 Å². The van der Waals surface area contributed by atoms with E-state index in [2.05, 4.69) is 162 Å². The molecule has 0 fully saturated rings. The number of aryl methyl sites for hydroxylation is 1. The van der Waals surface area contributed by atoms with Crippen LogP contribution in [0.15, 0.2) is 146 Å². The SMILES string of the molecule is Cc1cc2c3c(c1)N1c4ccccc4Oc4cccc(c41)B3N1c3ccccc3[Si]3(c4ccccc4-c4ccccc43)c3cccc-2c31. The Morgan fingerprint density at radius 1 is 0.500 bits per heavy atom. The molecule has 5 aliphatic heterocycles. The van der Waals surface area contributed by atoms with E-state index in [-0.39, 0.29) is 6.85 Å². The summed E-state index contributed by atoms with van der Waals surface area (Å²) in [5.74, 6) is 1.80. The van der Waals surface area contributed by atoms with Crippen molar-refractivity contribution in [2.45, 2.75) is 6.92 Å². The van der Waals surface area contributed by atoms with Crippen LogP contribution in [-0.2, 0) is 0 Å². The minimum Gasteiger partial charge on any atom is -0.453 e. The van der Waals surface area contributed by atoms with Gasteiger partial charge in [-0.05, 0) is 91.2 Å². The average Bonchev–Trinajstić information content (AvgIpc) is 3.43. The predicted molar refractivity (Wildman–Crippen MR) is 201 cm³/mol. The molecule has 5 aliphatic rings. The molecule has 0 saturated carbocycles. The van der Waals surface area contributed by atoms with E-state index in [0.717, 1.165) is 22.9 Å². The first-order chi connectivity index (χ1) is 23.7. The van der Waals surface area contributed by atoms with Crippen molar-refractivity contribution in [3.05, 3.63) is 151 Å². The fourth-order valence-corrected chi connectivity index (χ4v) is 15.4. The quantitative estimate of drug-likeness (QED) is 0.179. The molecule has 1 spiro atoms. The second kappa shape index (κ2) is 8.57. The molecule has 0 aromatic heterocycles. The van der Waals surface area contributed by atoms with Gasteiger partial charge in [-0.2, -0.15) is 0 Å². The minimum atomic E-state index is -2.67. The van der Waals surface area contributed by atoms with Gasteiger partial charge in [0.25, 0.3) is 0 Å². The monoisotopic (exact) mass is 626 g/mol. The molecule has 0 atom stereocenters. The molecular weight excluding hydrogens is 599 g/mol. The molecule has 0 radical (unpaired) electrons. The van der Waals surface area contributed by atoms with Crippen molar-refractivity contribution in [1.82, 2.24) is 0 Å². The Balaban J connectivity index is 1.26. The summed E-state index contributed by atoms with van der Waals surface area (Å²) < 4.78 is 6.66. The molecule has 0 bridgehead atoms. The Labute approximate surface area is 280 Å². The topological polar surface area (TPSA) is 15.7 Å². The van der Waals surface area contributed by atoms with Gasteiger partial charge in [0.05, 0.1) is 11.4 Å². The first-order valence-corrected chi connectivity index (χ1v) is 18.8. The highest BCUT2D eigenvalue weighted by Gasteiger charge is 2.57. The number of benzene rings is 7. The van der Waals surface area contributed by atoms with Crippen LogP contribution < -0.4 is 46.1 Å². The Morgan fingerprint density at radius 2 is 1.12 bits per heavy atom. The largest absolute Gasteiger partial charge is 0.453 e. The van der Waals surface area contributed by atoms with Gasteiger partial charge in [-0.25, -0.2) is 0 Å². The number of hydrogen-bond donors (Lipinski definition) is 0. The molecule has 7 aromatic rings. The van der Waals surface area contributed by atoms with Crippen molar-refractivity contribution >= 4 is 75.0 Å². The maximum absolute atomic E-state index is 6.66. The third-order valence-electron chi connectivity index (χ3n) is 11.4. The maximum atomic E-state index is 6.66. The molecule has 0 amide bonds. The molecule has 5 heteroatoms. The lowest BCUT2D eigenvalue weighted by molar-refractivity contribution is 0.477. The zero-order valence-electron chi connectivity index (χ0n) is 26.2. The van der Waals surface area contributed by atoms with E-state index in [1.807, 2.05) is 0 Å². The molecular formula is C43H27BN2OSi. The molecule has 0 aliphatic carbocycles. The third kappa shape index (κ3) is 2.74. The molecule has 0 unspecified atom stereocenters. The number of fused-ring (bicyclic) bond motifs is 15. The van der Waals surface area contributed by atoms with Crippen molar-refractivity contribution in [2.75, 3.05) is 9.71 Å². The predicted octanol–water partition coefficient (Wildman–Crippen LogP) is 6.48. The molecule has 0 saturated heterocycles. The number of para-hydroxylation sites is 5. The zero-order chi connectivity index (χ0) is 31.3. The van der Waals surface area contributed by atoms with Crippen molar-refractivity contribution in [3.8, 4) is 33.8 Å². The van der Waals surface area contributed by atoms with E-state index < -0.39 is 8.07 Å². The molecule has 7 aromatic carbocycles. The highest BCUT2D eigenvalue weighted by atomic mass is 28.3. The van der Waals surface area contributed by atoms with Crippen LogP contribution >= 0.6 is 0 Å². The van der Waals surface area contributed by atoms with Crippen LogP contribution in [0.5, 0.6) is 11.5 Å². The Morgan fingerprint density at radius 3 is 1.94 bits per heavy atom. The zero-order valence-corrected chi connectivity index (χ0v) is 27.2. The van der Waals surface area contributed by atoms with E-state index in [0.29, 0.717) is 0 Å². The van der Waals surface area contributed by atoms with E-state index in [1.165, 1.54) is 76.6 Å². The fraction of sp³-hybridized carbons (Fsp3) is 0.0233. The summed E-state index contributed by atoms with van der Waals surface area (Å²) in [5.41, 5.74) is 15.5. The lowest BCUT2D eigenvalue weighted by atomic mass is 9.43. The molecule has 48 heavy (non-hydrogen) atoms. The van der Waals surface area contributed by atoms with Crippen LogP contribution in [0.25, 0.3) is 22.3 Å². The summed E-state index contributed by atoms with van der Waals surface area (Å²) in [6, 6.07) is 54.9. The lowest BCUT2D eigenvalue weighted by Gasteiger charge is -2.52. The summed E-state index contributed by atoms with van der Waals surface area (Å²) in [7, 11) is -2.67. The average molecular weight is 627 g/mol. The Kier molecular flexibility index (Phi) is 4.52. The first-order valence-electron chi connectivity index (χ1n) is 16.8. The van der Waals surface area contributed by atoms with E-state index in [4.69, 9.17) is 4.74 Å². The van der Waals surface area contributed by atoms with Gasteiger partial charge in [0.15, 0.2) is 19.6 Å². The number of rotatable bonds is 0. The summed E-state index contributed by atoms with van der Waals surface area (Å²) in [5, 5.41) is 5.95. The van der Waals surface area contributed by atoms with Crippen LogP contribution in [-0.4, -0.2) is 14.9 Å². The van der Waals surface area contributed by atoms with Crippen LogP contribution in [0.3, 0.4) is 0 Å². The van der Waals surface area contributed by atoms with Gasteiger partial charge in [-0.3, -0.25) is 0 Å². The normalized spacial score (nSPS) is 15.4.